The summed E-state index contributed by atoms with van der Waals surface area (Å²) in [4.78, 5) is 24.1. The van der Waals surface area contributed by atoms with Crippen LogP contribution in [-0.4, -0.2) is 29.9 Å². The highest BCUT2D eigenvalue weighted by molar-refractivity contribution is 5.71. The fourth-order valence-electron chi connectivity index (χ4n) is 5.76. The summed E-state index contributed by atoms with van der Waals surface area (Å²) in [7, 11) is 0. The van der Waals surface area contributed by atoms with Crippen LogP contribution in [0.5, 0.6) is 5.75 Å². The molecule has 0 aromatic heterocycles. The van der Waals surface area contributed by atoms with Gasteiger partial charge in [0.2, 0.25) is 0 Å². The molecule has 33 heavy (non-hydrogen) atoms. The van der Waals surface area contributed by atoms with Gasteiger partial charge in [-0.1, -0.05) is 72.9 Å². The molecule has 186 valence electrons. The minimum absolute atomic E-state index is 0.0105. The maximum Gasteiger partial charge on any atom is 0.412 e. The Bertz CT molecular complexity index is 793. The zero-order valence-electron chi connectivity index (χ0n) is 21.5. The minimum atomic E-state index is -0.995. The number of rotatable bonds is 10. The van der Waals surface area contributed by atoms with E-state index in [9.17, 15) is 14.7 Å². The molecule has 0 saturated heterocycles. The van der Waals surface area contributed by atoms with Crippen molar-refractivity contribution in [3.05, 3.63) is 28.8 Å². The third-order valence-electron chi connectivity index (χ3n) is 6.51. The van der Waals surface area contributed by atoms with Gasteiger partial charge in [0.1, 0.15) is 5.75 Å². The van der Waals surface area contributed by atoms with Crippen LogP contribution in [0.2, 0.25) is 0 Å². The Morgan fingerprint density at radius 2 is 1.58 bits per heavy atom. The van der Waals surface area contributed by atoms with Crippen LogP contribution >= 0.6 is 0 Å². The number of nitrogens with one attached hydrogen (secondary N) is 2. The van der Waals surface area contributed by atoms with Gasteiger partial charge in [-0.05, 0) is 66.0 Å². The summed E-state index contributed by atoms with van der Waals surface area (Å²) in [5.74, 6) is 0.718. The number of amides is 2. The van der Waals surface area contributed by atoms with Gasteiger partial charge in [0, 0.05) is 12.6 Å². The molecule has 3 N–H and O–H groups in total. The van der Waals surface area contributed by atoms with Crippen molar-refractivity contribution in [1.82, 2.24) is 10.6 Å². The van der Waals surface area contributed by atoms with Crippen LogP contribution in [0.4, 0.5) is 9.59 Å². The first-order chi connectivity index (χ1) is 15.5. The number of hydrogen-bond donors (Lipinski definition) is 3. The molecule has 2 unspecified atom stereocenters. The van der Waals surface area contributed by atoms with Crippen LogP contribution in [0, 0.1) is 10.8 Å². The minimum Gasteiger partial charge on any atom is -0.465 e. The summed E-state index contributed by atoms with van der Waals surface area (Å²) in [6, 6.07) is 4.27. The molecule has 1 aliphatic rings. The summed E-state index contributed by atoms with van der Waals surface area (Å²) in [6.45, 7) is 13.4. The summed E-state index contributed by atoms with van der Waals surface area (Å²) in [5, 5.41) is 14.8. The largest absolute Gasteiger partial charge is 0.465 e. The number of carbonyl (C=O) groups excluding carboxylic acids is 1. The molecule has 6 heteroatoms. The van der Waals surface area contributed by atoms with Gasteiger partial charge < -0.3 is 20.5 Å². The van der Waals surface area contributed by atoms with E-state index in [0.717, 1.165) is 68.2 Å². The van der Waals surface area contributed by atoms with E-state index < -0.39 is 12.2 Å². The lowest BCUT2D eigenvalue weighted by Crippen LogP contribution is -2.50. The van der Waals surface area contributed by atoms with E-state index in [4.69, 9.17) is 4.74 Å². The molecule has 1 aromatic carbocycles. The number of aryl methyl sites for hydroxylation is 3. The number of hydrogen-bond acceptors (Lipinski definition) is 3. The van der Waals surface area contributed by atoms with Gasteiger partial charge in [0.25, 0.3) is 0 Å². The molecule has 0 aliphatic heterocycles. The fraction of sp³-hybridized carbons (Fsp3) is 0.704. The van der Waals surface area contributed by atoms with E-state index in [-0.39, 0.29) is 16.9 Å². The lowest BCUT2D eigenvalue weighted by molar-refractivity contribution is 0.0695. The molecule has 0 heterocycles. The van der Waals surface area contributed by atoms with Crippen molar-refractivity contribution in [2.75, 3.05) is 6.54 Å². The van der Waals surface area contributed by atoms with Crippen LogP contribution in [-0.2, 0) is 19.3 Å². The van der Waals surface area contributed by atoms with Crippen LogP contribution in [0.25, 0.3) is 0 Å². The normalized spacial score (nSPS) is 21.9. The summed E-state index contributed by atoms with van der Waals surface area (Å²) in [6.07, 6.45) is 6.83. The molecular formula is C27H44N2O4. The molecule has 1 fully saturated rings. The van der Waals surface area contributed by atoms with Crippen molar-refractivity contribution < 1.29 is 19.4 Å². The van der Waals surface area contributed by atoms with Gasteiger partial charge in [-0.3, -0.25) is 0 Å². The Balaban J connectivity index is 2.15. The second-order valence-electron chi connectivity index (χ2n) is 10.9. The molecule has 1 aliphatic carbocycles. The first kappa shape index (κ1) is 27.0. The molecule has 1 aromatic rings. The Labute approximate surface area is 199 Å². The Hall–Kier alpha value is -2.24. The molecule has 1 saturated carbocycles. The second-order valence-corrected chi connectivity index (χ2v) is 10.9. The lowest BCUT2D eigenvalue weighted by Gasteiger charge is -2.46. The van der Waals surface area contributed by atoms with Crippen molar-refractivity contribution in [3.63, 3.8) is 0 Å². The first-order valence-electron chi connectivity index (χ1n) is 12.6. The van der Waals surface area contributed by atoms with E-state index in [1.807, 2.05) is 0 Å². The Kier molecular flexibility index (Phi) is 9.62. The number of carbonyl (C=O) groups is 2. The van der Waals surface area contributed by atoms with Crippen LogP contribution in [0.15, 0.2) is 12.1 Å². The maximum atomic E-state index is 12.9. The number of benzene rings is 1. The van der Waals surface area contributed by atoms with Crippen molar-refractivity contribution in [2.24, 2.45) is 10.8 Å². The standard InChI is InChI=1S/C27H44N2O4/c1-7-10-19-13-20(11-8-2)23(21(14-19)12-9-3)33-25(32)28-18-27(6)16-22(29-24(30)31)15-26(4,5)17-27/h13-14,22,29H,7-12,15-18H2,1-6H3,(H,28,32)(H,30,31). The molecule has 6 nitrogen and oxygen atoms in total. The molecule has 0 spiro atoms. The van der Waals surface area contributed by atoms with E-state index >= 15 is 0 Å². The SMILES string of the molecule is CCCc1cc(CCC)c(OC(=O)NCC2(C)CC(NC(=O)O)CC(C)(C)C2)c(CCC)c1. The lowest BCUT2D eigenvalue weighted by atomic mass is 9.62. The molecular weight excluding hydrogens is 416 g/mol. The number of ether oxygens (including phenoxy) is 1. The maximum absolute atomic E-state index is 12.9. The Morgan fingerprint density at radius 3 is 2.09 bits per heavy atom. The highest BCUT2D eigenvalue weighted by Gasteiger charge is 2.42. The summed E-state index contributed by atoms with van der Waals surface area (Å²) >= 11 is 0. The summed E-state index contributed by atoms with van der Waals surface area (Å²) in [5.41, 5.74) is 3.31. The van der Waals surface area contributed by atoms with Gasteiger partial charge in [0.05, 0.1) is 0 Å². The highest BCUT2D eigenvalue weighted by Crippen LogP contribution is 2.45. The third kappa shape index (κ3) is 8.24. The highest BCUT2D eigenvalue weighted by atomic mass is 16.6. The predicted octanol–water partition coefficient (Wildman–Crippen LogP) is 6.49. The second kappa shape index (κ2) is 11.8. The van der Waals surface area contributed by atoms with Crippen molar-refractivity contribution in [1.29, 1.82) is 0 Å². The molecule has 0 radical (unpaired) electrons. The first-order valence-corrected chi connectivity index (χ1v) is 12.6. The molecule has 0 bridgehead atoms. The quantitative estimate of drug-likeness (QED) is 0.373. The van der Waals surface area contributed by atoms with Crippen molar-refractivity contribution in [3.8, 4) is 5.75 Å². The molecule has 2 rings (SSSR count). The van der Waals surface area contributed by atoms with E-state index in [1.165, 1.54) is 5.56 Å². The molecule has 2 amide bonds. The van der Waals surface area contributed by atoms with E-state index in [2.05, 4.69) is 64.3 Å². The monoisotopic (exact) mass is 460 g/mol. The van der Waals surface area contributed by atoms with E-state index in [1.54, 1.807) is 0 Å². The zero-order valence-corrected chi connectivity index (χ0v) is 21.5. The van der Waals surface area contributed by atoms with Gasteiger partial charge in [-0.15, -0.1) is 0 Å². The van der Waals surface area contributed by atoms with Gasteiger partial charge >= 0.3 is 12.2 Å². The average molecular weight is 461 g/mol. The fourth-order valence-corrected chi connectivity index (χ4v) is 5.76. The third-order valence-corrected chi connectivity index (χ3v) is 6.51. The van der Waals surface area contributed by atoms with Gasteiger partial charge in [0.15, 0.2) is 0 Å². The zero-order chi connectivity index (χ0) is 24.6. The van der Waals surface area contributed by atoms with Gasteiger partial charge in [-0.25, -0.2) is 9.59 Å². The van der Waals surface area contributed by atoms with Crippen LogP contribution < -0.4 is 15.4 Å². The van der Waals surface area contributed by atoms with Crippen LogP contribution in [0.3, 0.4) is 0 Å². The Morgan fingerprint density at radius 1 is 1.00 bits per heavy atom. The molecule has 2 atom stereocenters. The predicted molar refractivity (Wildman–Crippen MR) is 133 cm³/mol. The smallest absolute Gasteiger partial charge is 0.412 e. The number of carboxylic acid groups (broad SMARTS) is 1. The van der Waals surface area contributed by atoms with Gasteiger partial charge in [-0.2, -0.15) is 0 Å². The average Bonchev–Trinajstić information content (AvgIpc) is 2.67. The summed E-state index contributed by atoms with van der Waals surface area (Å²) < 4.78 is 5.93. The topological polar surface area (TPSA) is 87.7 Å². The van der Waals surface area contributed by atoms with Crippen molar-refractivity contribution >= 4 is 12.2 Å². The van der Waals surface area contributed by atoms with Crippen LogP contribution in [0.1, 0.15) is 96.8 Å². The van der Waals surface area contributed by atoms with Crippen molar-refractivity contribution in [2.45, 2.75) is 105 Å². The van der Waals surface area contributed by atoms with E-state index in [0.29, 0.717) is 13.0 Å².